The van der Waals surface area contributed by atoms with Crippen molar-refractivity contribution in [3.05, 3.63) is 170 Å². The van der Waals surface area contributed by atoms with Crippen LogP contribution in [0.3, 0.4) is 0 Å². The maximum absolute atomic E-state index is 9.03. The molecule has 0 aliphatic carbocycles. The molecule has 0 bridgehead atoms. The Balaban J connectivity index is 1.45. The minimum Gasteiger partial charge on any atom is -0.456 e. The predicted molar refractivity (Wildman–Crippen MR) is 190 cm³/mol. The van der Waals surface area contributed by atoms with Crippen molar-refractivity contribution in [2.75, 3.05) is 0 Å². The molecule has 0 aliphatic rings. The first-order chi connectivity index (χ1) is 24.8. The van der Waals surface area contributed by atoms with Gasteiger partial charge in [0.1, 0.15) is 11.2 Å². The van der Waals surface area contributed by atoms with E-state index in [-0.39, 0.29) is 29.7 Å². The summed E-state index contributed by atoms with van der Waals surface area (Å²) in [7, 11) is 0. The van der Waals surface area contributed by atoms with E-state index in [0.29, 0.717) is 22.8 Å². The molecule has 9 rings (SSSR count). The SMILES string of the molecule is [2H]c1ccc(-c2cccc(-c3c4ccccc4c(-c4c(-c5c([2H])c([2H])c([2H])c([2H])c5[2H])ccc5oc6ccccc6c45)c4ccccc34)c2)cc1. The summed E-state index contributed by atoms with van der Waals surface area (Å²) < 4.78 is 57.9. The molecule has 1 aromatic heterocycles. The molecule has 0 spiro atoms. The quantitative estimate of drug-likeness (QED) is 0.189. The third-order valence-corrected chi connectivity index (χ3v) is 8.70. The van der Waals surface area contributed by atoms with Gasteiger partial charge in [-0.15, -0.1) is 0 Å². The lowest BCUT2D eigenvalue weighted by Crippen LogP contribution is -1.94. The second kappa shape index (κ2) is 10.4. The van der Waals surface area contributed by atoms with E-state index in [9.17, 15) is 0 Å². The summed E-state index contributed by atoms with van der Waals surface area (Å²) in [5.41, 5.74) is 7.85. The second-order valence-corrected chi connectivity index (χ2v) is 11.2. The van der Waals surface area contributed by atoms with Crippen LogP contribution in [0.1, 0.15) is 8.22 Å². The average molecular weight is 579 g/mol. The van der Waals surface area contributed by atoms with Crippen molar-refractivity contribution in [2.24, 2.45) is 0 Å². The van der Waals surface area contributed by atoms with Crippen LogP contribution >= 0.6 is 0 Å². The second-order valence-electron chi connectivity index (χ2n) is 11.2. The van der Waals surface area contributed by atoms with Crippen molar-refractivity contribution in [2.45, 2.75) is 0 Å². The third-order valence-electron chi connectivity index (χ3n) is 8.70. The summed E-state index contributed by atoms with van der Waals surface area (Å²) in [6.45, 7) is 0. The molecule has 45 heavy (non-hydrogen) atoms. The molecule has 1 heterocycles. The smallest absolute Gasteiger partial charge is 0.136 e. The van der Waals surface area contributed by atoms with Crippen molar-refractivity contribution in [3.63, 3.8) is 0 Å². The summed E-state index contributed by atoms with van der Waals surface area (Å²) in [6.07, 6.45) is 0. The Hall–Kier alpha value is -5.92. The number of benzene rings is 8. The van der Waals surface area contributed by atoms with E-state index in [1.54, 1.807) is 12.1 Å². The summed E-state index contributed by atoms with van der Waals surface area (Å²) in [5.74, 6) is 0. The fourth-order valence-corrected chi connectivity index (χ4v) is 6.81. The van der Waals surface area contributed by atoms with Gasteiger partial charge in [0, 0.05) is 16.3 Å². The first-order valence-corrected chi connectivity index (χ1v) is 14.9. The Morgan fingerprint density at radius 1 is 0.378 bits per heavy atom. The highest BCUT2D eigenvalue weighted by molar-refractivity contribution is 6.27. The van der Waals surface area contributed by atoms with Crippen LogP contribution in [0.2, 0.25) is 0 Å². The number of rotatable bonds is 4. The van der Waals surface area contributed by atoms with Crippen LogP contribution in [-0.4, -0.2) is 0 Å². The van der Waals surface area contributed by atoms with Crippen molar-refractivity contribution in [3.8, 4) is 44.5 Å². The van der Waals surface area contributed by atoms with E-state index >= 15 is 0 Å². The summed E-state index contributed by atoms with van der Waals surface area (Å²) >= 11 is 0. The lowest BCUT2D eigenvalue weighted by molar-refractivity contribution is 0.669. The molecule has 9 aromatic rings. The van der Waals surface area contributed by atoms with Crippen molar-refractivity contribution >= 4 is 43.5 Å². The van der Waals surface area contributed by atoms with E-state index in [2.05, 4.69) is 48.5 Å². The fraction of sp³-hybridized carbons (Fsp3) is 0. The van der Waals surface area contributed by atoms with Gasteiger partial charge in [-0.3, -0.25) is 0 Å². The molecule has 0 radical (unpaired) electrons. The van der Waals surface area contributed by atoms with Gasteiger partial charge in [0.15, 0.2) is 0 Å². The number of hydrogen-bond acceptors (Lipinski definition) is 1. The third kappa shape index (κ3) is 4.09. The molecule has 0 unspecified atom stereocenters. The van der Waals surface area contributed by atoms with Crippen molar-refractivity contribution in [1.82, 2.24) is 0 Å². The largest absolute Gasteiger partial charge is 0.456 e. The van der Waals surface area contributed by atoms with Gasteiger partial charge in [-0.05, 0) is 78.7 Å². The Labute approximate surface area is 270 Å². The summed E-state index contributed by atoms with van der Waals surface area (Å²) in [4.78, 5) is 0. The fourth-order valence-electron chi connectivity index (χ4n) is 6.81. The number of para-hydroxylation sites is 1. The van der Waals surface area contributed by atoms with Gasteiger partial charge < -0.3 is 4.42 Å². The van der Waals surface area contributed by atoms with Crippen LogP contribution in [0.5, 0.6) is 0 Å². The first-order valence-electron chi connectivity index (χ1n) is 17.9. The lowest BCUT2D eigenvalue weighted by atomic mass is 9.82. The topological polar surface area (TPSA) is 13.1 Å². The Morgan fingerprint density at radius 3 is 1.69 bits per heavy atom. The van der Waals surface area contributed by atoms with Crippen LogP contribution in [0.4, 0.5) is 0 Å². The highest BCUT2D eigenvalue weighted by Gasteiger charge is 2.23. The minimum atomic E-state index is -0.428. The summed E-state index contributed by atoms with van der Waals surface area (Å²) in [6, 6.07) is 42.8. The van der Waals surface area contributed by atoms with Crippen LogP contribution in [0.15, 0.2) is 174 Å². The zero-order valence-corrected chi connectivity index (χ0v) is 24.1. The van der Waals surface area contributed by atoms with Gasteiger partial charge in [-0.2, -0.15) is 0 Å². The molecular weight excluding hydrogens is 544 g/mol. The van der Waals surface area contributed by atoms with Gasteiger partial charge in [0.2, 0.25) is 0 Å². The highest BCUT2D eigenvalue weighted by atomic mass is 16.3. The average Bonchev–Trinajstić information content (AvgIpc) is 3.55. The molecule has 0 saturated carbocycles. The normalized spacial score (nSPS) is 13.4. The molecule has 1 nitrogen and oxygen atoms in total. The molecule has 210 valence electrons. The lowest BCUT2D eigenvalue weighted by Gasteiger charge is -2.20. The maximum Gasteiger partial charge on any atom is 0.136 e. The number of furan rings is 1. The number of hydrogen-bond donors (Lipinski definition) is 0. The molecule has 0 atom stereocenters. The highest BCUT2D eigenvalue weighted by Crippen LogP contribution is 2.50. The van der Waals surface area contributed by atoms with Crippen molar-refractivity contribution in [1.29, 1.82) is 0 Å². The van der Waals surface area contributed by atoms with E-state index in [1.807, 2.05) is 72.8 Å². The van der Waals surface area contributed by atoms with Gasteiger partial charge in [0.25, 0.3) is 0 Å². The minimum absolute atomic E-state index is 0.145. The molecule has 0 N–H and O–H groups in total. The van der Waals surface area contributed by atoms with Crippen LogP contribution < -0.4 is 0 Å². The molecule has 0 aliphatic heterocycles. The van der Waals surface area contributed by atoms with Gasteiger partial charge in [0.05, 0.1) is 8.22 Å². The first kappa shape index (κ1) is 20.1. The Morgan fingerprint density at radius 2 is 0.978 bits per heavy atom. The molecule has 0 saturated heterocycles. The molecule has 1 heteroatoms. The summed E-state index contributed by atoms with van der Waals surface area (Å²) in [5, 5.41) is 5.64. The zero-order chi connectivity index (χ0) is 35.0. The van der Waals surface area contributed by atoms with Gasteiger partial charge in [-0.25, -0.2) is 0 Å². The predicted octanol–water partition coefficient (Wildman–Crippen LogP) is 12.6. The van der Waals surface area contributed by atoms with Crippen LogP contribution in [0, 0.1) is 0 Å². The standard InChI is InChI=1S/C44H28O/c1-3-14-29(15-4-1)31-18-13-19-32(28-31)41-34-20-7-9-22-36(34)42(37-23-10-8-21-35(37)41)44-33(30-16-5-2-6-17-30)26-27-40-43(44)38-24-11-12-25-39(38)45-40/h1-28H/i1D,2D,5D,6D,16D,17D. The van der Waals surface area contributed by atoms with Gasteiger partial charge >= 0.3 is 0 Å². The van der Waals surface area contributed by atoms with Crippen LogP contribution in [-0.2, 0) is 0 Å². The molecular formula is C44H28O. The van der Waals surface area contributed by atoms with E-state index in [4.69, 9.17) is 12.6 Å². The van der Waals surface area contributed by atoms with E-state index in [0.717, 1.165) is 65.7 Å². The maximum atomic E-state index is 9.03. The molecule has 0 fully saturated rings. The number of fused-ring (bicyclic) bond motifs is 5. The molecule has 0 amide bonds. The van der Waals surface area contributed by atoms with Gasteiger partial charge in [-0.1, -0.05) is 152 Å². The van der Waals surface area contributed by atoms with E-state index < -0.39 is 6.04 Å². The zero-order valence-electron chi connectivity index (χ0n) is 30.1. The Kier molecular flexibility index (Phi) is 4.63. The Bertz CT molecular complexity index is 2790. The van der Waals surface area contributed by atoms with E-state index in [1.165, 1.54) is 0 Å². The monoisotopic (exact) mass is 578 g/mol. The van der Waals surface area contributed by atoms with Crippen LogP contribution in [0.25, 0.3) is 88.0 Å². The van der Waals surface area contributed by atoms with Crippen molar-refractivity contribution < 1.29 is 12.6 Å². The molecule has 8 aromatic carbocycles.